The lowest BCUT2D eigenvalue weighted by Gasteiger charge is -2.43. The first-order valence-electron chi connectivity index (χ1n) is 8.44. The number of carbonyl (C=O) groups is 3. The van der Waals surface area contributed by atoms with Gasteiger partial charge in [-0.2, -0.15) is 0 Å². The zero-order valence-corrected chi connectivity index (χ0v) is 13.8. The van der Waals surface area contributed by atoms with Crippen molar-refractivity contribution in [1.82, 2.24) is 10.2 Å². The van der Waals surface area contributed by atoms with Gasteiger partial charge in [0.05, 0.1) is 31.8 Å². The van der Waals surface area contributed by atoms with Crippen LogP contribution in [0.5, 0.6) is 0 Å². The molecule has 0 unspecified atom stereocenters. The molecular weight excluding hydrogens is 319 g/mol. The van der Waals surface area contributed by atoms with Gasteiger partial charge in [-0.1, -0.05) is 6.42 Å². The molecule has 0 aromatic rings. The molecule has 0 aliphatic carbocycles. The van der Waals surface area contributed by atoms with Gasteiger partial charge in [0.25, 0.3) is 0 Å². The Morgan fingerprint density at radius 3 is 2.75 bits per heavy atom. The first kappa shape index (κ1) is 17.1. The topological polar surface area (TPSA) is 84.9 Å². The van der Waals surface area contributed by atoms with Crippen LogP contribution in [0.1, 0.15) is 32.6 Å². The van der Waals surface area contributed by atoms with Crippen LogP contribution in [-0.2, 0) is 23.9 Å². The number of esters is 1. The molecule has 3 rings (SSSR count). The standard InChI is InChI=1S/C16H23FN2O5/c1-2-24-14(22)16(17)8-19(7-15(16)9-23-10-15)13(21)11-5-3-4-6-12(20)18-11/h11H,2-10H2,1H3,(H,18,20)/t11-,16+/m0/s1. The van der Waals surface area contributed by atoms with Gasteiger partial charge in [0.1, 0.15) is 6.04 Å². The van der Waals surface area contributed by atoms with Crippen molar-refractivity contribution in [1.29, 1.82) is 0 Å². The third kappa shape index (κ3) is 2.66. The first-order chi connectivity index (χ1) is 11.4. The first-order valence-corrected chi connectivity index (χ1v) is 8.44. The average Bonchev–Trinajstić information content (AvgIpc) is 2.69. The minimum absolute atomic E-state index is 0.0774. The number of carbonyl (C=O) groups excluding carboxylic acids is 3. The maximum Gasteiger partial charge on any atom is 0.346 e. The van der Waals surface area contributed by atoms with Gasteiger partial charge in [-0.05, 0) is 19.8 Å². The molecule has 0 aromatic heterocycles. The van der Waals surface area contributed by atoms with Gasteiger partial charge in [0.2, 0.25) is 17.5 Å². The van der Waals surface area contributed by atoms with Crippen molar-refractivity contribution >= 4 is 17.8 Å². The molecule has 8 heteroatoms. The summed E-state index contributed by atoms with van der Waals surface area (Å²) in [4.78, 5) is 37.9. The van der Waals surface area contributed by atoms with Crippen LogP contribution in [0, 0.1) is 5.41 Å². The van der Waals surface area contributed by atoms with Gasteiger partial charge in [-0.25, -0.2) is 9.18 Å². The van der Waals surface area contributed by atoms with E-state index < -0.39 is 23.1 Å². The molecular formula is C16H23FN2O5. The summed E-state index contributed by atoms with van der Waals surface area (Å²) in [6, 6.07) is -0.650. The molecule has 3 heterocycles. The van der Waals surface area contributed by atoms with Gasteiger partial charge in [0.15, 0.2) is 0 Å². The molecule has 3 fully saturated rings. The molecule has 24 heavy (non-hydrogen) atoms. The Balaban J connectivity index is 1.77. The molecule has 3 aliphatic heterocycles. The molecule has 1 N–H and O–H groups in total. The number of nitrogens with zero attached hydrogens (tertiary/aromatic N) is 1. The van der Waals surface area contributed by atoms with Gasteiger partial charge in [0, 0.05) is 13.0 Å². The number of alkyl halides is 1. The van der Waals surface area contributed by atoms with Crippen molar-refractivity contribution in [2.24, 2.45) is 5.41 Å². The van der Waals surface area contributed by atoms with Crippen LogP contribution in [0.3, 0.4) is 0 Å². The summed E-state index contributed by atoms with van der Waals surface area (Å²) < 4.78 is 25.5. The highest BCUT2D eigenvalue weighted by atomic mass is 19.1. The number of halogens is 1. The third-order valence-electron chi connectivity index (χ3n) is 5.19. The fraction of sp³-hybridized carbons (Fsp3) is 0.812. The number of hydrogen-bond acceptors (Lipinski definition) is 5. The van der Waals surface area contributed by atoms with Crippen LogP contribution in [0.4, 0.5) is 4.39 Å². The Hall–Kier alpha value is -1.70. The normalized spacial score (nSPS) is 32.0. The highest BCUT2D eigenvalue weighted by Crippen LogP contribution is 2.48. The summed E-state index contributed by atoms with van der Waals surface area (Å²) >= 11 is 0. The summed E-state index contributed by atoms with van der Waals surface area (Å²) in [5.41, 5.74) is -3.30. The van der Waals surface area contributed by atoms with E-state index in [0.29, 0.717) is 12.8 Å². The van der Waals surface area contributed by atoms with Crippen molar-refractivity contribution in [3.63, 3.8) is 0 Å². The summed E-state index contributed by atoms with van der Waals surface area (Å²) in [5.74, 6) is -1.43. The number of nitrogens with one attached hydrogen (secondary N) is 1. The Morgan fingerprint density at radius 2 is 2.12 bits per heavy atom. The van der Waals surface area contributed by atoms with Crippen LogP contribution in [0.15, 0.2) is 0 Å². The van der Waals surface area contributed by atoms with Gasteiger partial charge < -0.3 is 19.7 Å². The molecule has 0 aromatic carbocycles. The third-order valence-corrected chi connectivity index (χ3v) is 5.19. The predicted octanol–water partition coefficient (Wildman–Crippen LogP) is 0.175. The lowest BCUT2D eigenvalue weighted by Crippen LogP contribution is -2.61. The number of hydrogen-bond donors (Lipinski definition) is 1. The van der Waals surface area contributed by atoms with Gasteiger partial charge >= 0.3 is 5.97 Å². The van der Waals surface area contributed by atoms with E-state index in [0.717, 1.165) is 12.8 Å². The van der Waals surface area contributed by atoms with E-state index in [1.807, 2.05) is 0 Å². The predicted molar refractivity (Wildman–Crippen MR) is 80.7 cm³/mol. The molecule has 0 radical (unpaired) electrons. The van der Waals surface area contributed by atoms with Gasteiger partial charge in [-0.15, -0.1) is 0 Å². The van der Waals surface area contributed by atoms with Gasteiger partial charge in [-0.3, -0.25) is 9.59 Å². The number of rotatable bonds is 3. The van der Waals surface area contributed by atoms with E-state index >= 15 is 4.39 Å². The molecule has 7 nitrogen and oxygen atoms in total. The van der Waals surface area contributed by atoms with E-state index in [1.165, 1.54) is 4.90 Å². The number of likely N-dealkylation sites (tertiary alicyclic amines) is 1. The maximum atomic E-state index is 15.5. The highest BCUT2D eigenvalue weighted by molar-refractivity contribution is 5.90. The van der Waals surface area contributed by atoms with E-state index in [1.54, 1.807) is 6.92 Å². The fourth-order valence-corrected chi connectivity index (χ4v) is 3.71. The summed E-state index contributed by atoms with van der Waals surface area (Å²) in [6.45, 7) is 1.62. The smallest absolute Gasteiger partial charge is 0.346 e. The number of ether oxygens (including phenoxy) is 2. The van der Waals surface area contributed by atoms with Crippen molar-refractivity contribution in [3.8, 4) is 0 Å². The Labute approximate surface area is 139 Å². The minimum atomic E-state index is -2.26. The minimum Gasteiger partial charge on any atom is -0.464 e. The lowest BCUT2D eigenvalue weighted by atomic mass is 9.74. The van der Waals surface area contributed by atoms with Crippen LogP contribution in [-0.4, -0.2) is 67.3 Å². The van der Waals surface area contributed by atoms with Crippen molar-refractivity contribution in [2.45, 2.75) is 44.3 Å². The molecule has 0 bridgehead atoms. The average molecular weight is 342 g/mol. The molecule has 3 saturated heterocycles. The second-order valence-corrected chi connectivity index (χ2v) is 6.85. The Bertz CT molecular complexity index is 551. The SMILES string of the molecule is CCOC(=O)[C@]1(F)CN(C(=O)[C@@H]2CCCCC(=O)N2)CC12COC2. The largest absolute Gasteiger partial charge is 0.464 e. The molecule has 2 atom stereocenters. The summed E-state index contributed by atoms with van der Waals surface area (Å²) in [7, 11) is 0. The molecule has 2 amide bonds. The zero-order chi connectivity index (χ0) is 17.4. The molecule has 3 aliphatic rings. The van der Waals surface area contributed by atoms with Crippen molar-refractivity contribution < 1.29 is 28.2 Å². The second kappa shape index (κ2) is 6.31. The van der Waals surface area contributed by atoms with Crippen LogP contribution < -0.4 is 5.32 Å². The quantitative estimate of drug-likeness (QED) is 0.740. The van der Waals surface area contributed by atoms with Crippen LogP contribution >= 0.6 is 0 Å². The molecule has 1 spiro atoms. The van der Waals surface area contributed by atoms with E-state index in [9.17, 15) is 14.4 Å². The highest BCUT2D eigenvalue weighted by Gasteiger charge is 2.69. The molecule has 134 valence electrons. The second-order valence-electron chi connectivity index (χ2n) is 6.85. The summed E-state index contributed by atoms with van der Waals surface area (Å²) in [6.07, 6.45) is 2.43. The number of amides is 2. The molecule has 0 saturated carbocycles. The van der Waals surface area contributed by atoms with Crippen LogP contribution in [0.2, 0.25) is 0 Å². The Morgan fingerprint density at radius 1 is 1.38 bits per heavy atom. The Kier molecular flexibility index (Phi) is 4.50. The zero-order valence-electron chi connectivity index (χ0n) is 13.8. The van der Waals surface area contributed by atoms with E-state index in [-0.39, 0.29) is 44.7 Å². The summed E-state index contributed by atoms with van der Waals surface area (Å²) in [5, 5.41) is 2.70. The monoisotopic (exact) mass is 342 g/mol. The van der Waals surface area contributed by atoms with E-state index in [4.69, 9.17) is 9.47 Å². The fourth-order valence-electron chi connectivity index (χ4n) is 3.71. The van der Waals surface area contributed by atoms with Crippen molar-refractivity contribution in [3.05, 3.63) is 0 Å². The van der Waals surface area contributed by atoms with Crippen molar-refractivity contribution in [2.75, 3.05) is 32.9 Å². The maximum absolute atomic E-state index is 15.5. The van der Waals surface area contributed by atoms with E-state index in [2.05, 4.69) is 5.32 Å². The lowest BCUT2D eigenvalue weighted by molar-refractivity contribution is -0.196. The van der Waals surface area contributed by atoms with Crippen LogP contribution in [0.25, 0.3) is 0 Å².